The van der Waals surface area contributed by atoms with Crippen molar-refractivity contribution in [3.63, 3.8) is 0 Å². The largest absolute Gasteiger partial charge is 0.444 e. The zero-order chi connectivity index (χ0) is 19.6. The van der Waals surface area contributed by atoms with Gasteiger partial charge in [-0.3, -0.25) is 0 Å². The van der Waals surface area contributed by atoms with Gasteiger partial charge in [-0.25, -0.2) is 14.8 Å². The summed E-state index contributed by atoms with van der Waals surface area (Å²) in [6.07, 6.45) is 3.80. The van der Waals surface area contributed by atoms with Crippen LogP contribution in [0.1, 0.15) is 51.3 Å². The molecule has 0 radical (unpaired) electrons. The molecule has 27 heavy (non-hydrogen) atoms. The number of carbonyl (C=O) groups is 1. The Morgan fingerprint density at radius 2 is 2.04 bits per heavy atom. The van der Waals surface area contributed by atoms with Gasteiger partial charge in [-0.15, -0.1) is 0 Å². The molecule has 0 aliphatic rings. The van der Waals surface area contributed by atoms with Crippen molar-refractivity contribution in [2.24, 2.45) is 0 Å². The molecule has 0 saturated heterocycles. The fourth-order valence-electron chi connectivity index (χ4n) is 3.17. The van der Waals surface area contributed by atoms with Crippen molar-refractivity contribution in [2.75, 3.05) is 0 Å². The molecule has 1 unspecified atom stereocenters. The van der Waals surface area contributed by atoms with E-state index >= 15 is 0 Å². The summed E-state index contributed by atoms with van der Waals surface area (Å²) in [6.45, 7) is 9.67. The van der Waals surface area contributed by atoms with E-state index in [9.17, 15) is 4.79 Å². The van der Waals surface area contributed by atoms with E-state index < -0.39 is 11.7 Å². The number of aromatic amines is 1. The second-order valence-electron chi connectivity index (χ2n) is 7.64. The molecule has 2 aromatic heterocycles. The average molecular weight is 366 g/mol. The molecule has 142 valence electrons. The van der Waals surface area contributed by atoms with Gasteiger partial charge in [0, 0.05) is 17.1 Å². The quantitative estimate of drug-likeness (QED) is 0.687. The van der Waals surface area contributed by atoms with Crippen LogP contribution in [-0.4, -0.2) is 26.6 Å². The van der Waals surface area contributed by atoms with Gasteiger partial charge in [0.25, 0.3) is 0 Å². The summed E-state index contributed by atoms with van der Waals surface area (Å²) < 4.78 is 5.39. The van der Waals surface area contributed by atoms with E-state index in [1.54, 1.807) is 6.33 Å². The van der Waals surface area contributed by atoms with Crippen LogP contribution < -0.4 is 5.32 Å². The zero-order valence-corrected chi connectivity index (χ0v) is 16.5. The summed E-state index contributed by atoms with van der Waals surface area (Å²) in [6, 6.07) is 8.07. The molecule has 1 atom stereocenters. The molecule has 0 fully saturated rings. The van der Waals surface area contributed by atoms with Crippen LogP contribution in [0.25, 0.3) is 22.3 Å². The first-order valence-corrected chi connectivity index (χ1v) is 9.17. The van der Waals surface area contributed by atoms with Crippen LogP contribution in [-0.2, 0) is 4.74 Å². The number of aromatic nitrogens is 3. The number of ether oxygens (including phenoxy) is 1. The smallest absolute Gasteiger partial charge is 0.408 e. The highest BCUT2D eigenvalue weighted by molar-refractivity contribution is 5.90. The van der Waals surface area contributed by atoms with Crippen molar-refractivity contribution >= 4 is 17.1 Å². The lowest BCUT2D eigenvalue weighted by molar-refractivity contribution is 0.0502. The maximum absolute atomic E-state index is 12.2. The molecule has 0 aliphatic carbocycles. The van der Waals surface area contributed by atoms with Crippen LogP contribution in [0.2, 0.25) is 0 Å². The van der Waals surface area contributed by atoms with E-state index in [0.717, 1.165) is 39.8 Å². The molecule has 2 heterocycles. The number of benzene rings is 1. The summed E-state index contributed by atoms with van der Waals surface area (Å²) in [7, 11) is 0. The number of nitrogens with one attached hydrogen (secondary N) is 2. The minimum atomic E-state index is -0.518. The highest BCUT2D eigenvalue weighted by Crippen LogP contribution is 2.29. The Balaban J connectivity index is 1.87. The van der Waals surface area contributed by atoms with Gasteiger partial charge < -0.3 is 15.0 Å². The first-order valence-electron chi connectivity index (χ1n) is 9.17. The number of alkyl carbamates (subject to hydrolysis) is 1. The van der Waals surface area contributed by atoms with Gasteiger partial charge in [0.15, 0.2) is 0 Å². The number of hydrogen-bond acceptors (Lipinski definition) is 4. The normalized spacial score (nSPS) is 12.8. The zero-order valence-electron chi connectivity index (χ0n) is 16.5. The van der Waals surface area contributed by atoms with Crippen molar-refractivity contribution in [3.8, 4) is 11.3 Å². The Labute approximate surface area is 159 Å². The lowest BCUT2D eigenvalue weighted by atomic mass is 9.96. The van der Waals surface area contributed by atoms with Crippen LogP contribution in [0, 0.1) is 6.92 Å². The second kappa shape index (κ2) is 7.39. The van der Waals surface area contributed by atoms with Crippen molar-refractivity contribution < 1.29 is 9.53 Å². The highest BCUT2D eigenvalue weighted by Gasteiger charge is 2.21. The van der Waals surface area contributed by atoms with Crippen LogP contribution in [0.15, 0.2) is 36.8 Å². The van der Waals surface area contributed by atoms with Crippen LogP contribution in [0.3, 0.4) is 0 Å². The molecule has 0 bridgehead atoms. The van der Waals surface area contributed by atoms with Crippen molar-refractivity contribution in [2.45, 2.75) is 52.7 Å². The van der Waals surface area contributed by atoms with E-state index in [2.05, 4.69) is 32.4 Å². The Kier molecular flexibility index (Phi) is 5.17. The monoisotopic (exact) mass is 366 g/mol. The predicted octanol–water partition coefficient (Wildman–Crippen LogP) is 4.91. The van der Waals surface area contributed by atoms with Crippen LogP contribution >= 0.6 is 0 Å². The number of H-pyrrole nitrogens is 1. The lowest BCUT2D eigenvalue weighted by Gasteiger charge is -2.24. The molecule has 6 heteroatoms. The molecule has 3 aromatic rings. The summed E-state index contributed by atoms with van der Waals surface area (Å²) in [5, 5.41) is 3.96. The molecular formula is C21H26N4O2. The summed E-state index contributed by atoms with van der Waals surface area (Å²) in [5.74, 6) is 0. The Hall–Kier alpha value is -2.89. The summed E-state index contributed by atoms with van der Waals surface area (Å²) in [5.41, 5.74) is 4.39. The fourth-order valence-corrected chi connectivity index (χ4v) is 3.17. The third kappa shape index (κ3) is 4.27. The molecule has 3 rings (SSSR count). The third-order valence-electron chi connectivity index (χ3n) is 4.37. The highest BCUT2D eigenvalue weighted by atomic mass is 16.6. The fraction of sp³-hybridized carbons (Fsp3) is 0.381. The molecular weight excluding hydrogens is 340 g/mol. The molecule has 0 spiro atoms. The summed E-state index contributed by atoms with van der Waals surface area (Å²) in [4.78, 5) is 24.0. The SMILES string of the molecule is CCC(NC(=O)OC(C)(C)C)c1ccc(-c2ncnc3[nH]ccc23)cc1C. The first-order chi connectivity index (χ1) is 12.8. The minimum Gasteiger partial charge on any atom is -0.444 e. The van der Waals surface area contributed by atoms with E-state index in [1.807, 2.05) is 52.9 Å². The van der Waals surface area contributed by atoms with Gasteiger partial charge in [0.2, 0.25) is 0 Å². The Morgan fingerprint density at radius 1 is 1.26 bits per heavy atom. The number of rotatable bonds is 4. The molecule has 0 aliphatic heterocycles. The Bertz CT molecular complexity index is 956. The number of nitrogens with zero attached hydrogens (tertiary/aromatic N) is 2. The van der Waals surface area contributed by atoms with Gasteiger partial charge in [-0.1, -0.05) is 19.1 Å². The third-order valence-corrected chi connectivity index (χ3v) is 4.37. The van der Waals surface area contributed by atoms with E-state index in [1.165, 1.54) is 0 Å². The maximum atomic E-state index is 12.2. The van der Waals surface area contributed by atoms with Crippen molar-refractivity contribution in [1.82, 2.24) is 20.3 Å². The van der Waals surface area contributed by atoms with Crippen LogP contribution in [0.5, 0.6) is 0 Å². The van der Waals surface area contributed by atoms with Crippen molar-refractivity contribution in [1.29, 1.82) is 0 Å². The van der Waals surface area contributed by atoms with Gasteiger partial charge >= 0.3 is 6.09 Å². The molecule has 1 amide bonds. The van der Waals surface area contributed by atoms with E-state index in [4.69, 9.17) is 4.74 Å². The standard InChI is InChI=1S/C21H26N4O2/c1-6-17(25-20(26)27-21(3,4)5)15-8-7-14(11-13(15)2)18-16-9-10-22-19(16)24-12-23-18/h7-12,17H,6H2,1-5H3,(H,25,26)(H,22,23,24). The molecule has 2 N–H and O–H groups in total. The average Bonchev–Trinajstić information content (AvgIpc) is 3.07. The number of carbonyl (C=O) groups excluding carboxylic acids is 1. The number of fused-ring (bicyclic) bond motifs is 1. The molecule has 6 nitrogen and oxygen atoms in total. The number of aryl methyl sites for hydroxylation is 1. The lowest BCUT2D eigenvalue weighted by Crippen LogP contribution is -2.35. The van der Waals surface area contributed by atoms with E-state index in [-0.39, 0.29) is 6.04 Å². The second-order valence-corrected chi connectivity index (χ2v) is 7.64. The summed E-state index contributed by atoms with van der Waals surface area (Å²) >= 11 is 0. The van der Waals surface area contributed by atoms with Crippen molar-refractivity contribution in [3.05, 3.63) is 47.9 Å². The first kappa shape index (κ1) is 18.9. The molecule has 1 aromatic carbocycles. The van der Waals surface area contributed by atoms with Gasteiger partial charge in [0.1, 0.15) is 17.6 Å². The number of hydrogen-bond donors (Lipinski definition) is 2. The predicted molar refractivity (Wildman–Crippen MR) is 106 cm³/mol. The number of amides is 1. The molecule has 0 saturated carbocycles. The minimum absolute atomic E-state index is 0.105. The van der Waals surface area contributed by atoms with Gasteiger partial charge in [0.05, 0.1) is 11.7 Å². The Morgan fingerprint density at radius 3 is 2.70 bits per heavy atom. The topological polar surface area (TPSA) is 79.9 Å². The van der Waals surface area contributed by atoms with Crippen LogP contribution in [0.4, 0.5) is 4.79 Å². The maximum Gasteiger partial charge on any atom is 0.408 e. The van der Waals surface area contributed by atoms with E-state index in [0.29, 0.717) is 0 Å². The van der Waals surface area contributed by atoms with Gasteiger partial charge in [-0.2, -0.15) is 0 Å². The van der Waals surface area contributed by atoms with Gasteiger partial charge in [-0.05, 0) is 57.4 Å².